The Balaban J connectivity index is 1.49. The maximum atomic E-state index is 13.5. The number of aromatic nitrogens is 1. The van der Waals surface area contributed by atoms with E-state index in [0.29, 0.717) is 16.5 Å². The number of nitrogens with one attached hydrogen (secondary N) is 1. The Labute approximate surface area is 168 Å². The summed E-state index contributed by atoms with van der Waals surface area (Å²) in [7, 11) is 1.85. The number of aromatic amines is 1. The molecule has 0 spiro atoms. The molecule has 1 saturated heterocycles. The molecule has 2 aromatic carbocycles. The molecule has 150 valence electrons. The molecule has 29 heavy (non-hydrogen) atoms. The lowest BCUT2D eigenvalue weighted by Gasteiger charge is -2.24. The normalized spacial score (nSPS) is 16.8. The zero-order chi connectivity index (χ0) is 20.5. The summed E-state index contributed by atoms with van der Waals surface area (Å²) in [4.78, 5) is 22.9. The van der Waals surface area contributed by atoms with Gasteiger partial charge in [0, 0.05) is 49.9 Å². The van der Waals surface area contributed by atoms with E-state index >= 15 is 0 Å². The first-order valence-electron chi connectivity index (χ1n) is 9.55. The molecule has 0 saturated carbocycles. The zero-order valence-corrected chi connectivity index (χ0v) is 16.4. The number of carbonyl (C=O) groups is 1. The first-order chi connectivity index (χ1) is 13.9. The predicted molar refractivity (Wildman–Crippen MR) is 113 cm³/mol. The zero-order valence-electron chi connectivity index (χ0n) is 16.4. The van der Waals surface area contributed by atoms with Crippen molar-refractivity contribution in [3.63, 3.8) is 0 Å². The molecular weight excluding hydrogens is 371 g/mol. The molecule has 2 N–H and O–H groups in total. The van der Waals surface area contributed by atoms with E-state index < -0.39 is 0 Å². The Hall–Kier alpha value is -3.35. The molecule has 1 aromatic heterocycles. The van der Waals surface area contributed by atoms with Gasteiger partial charge in [-0.2, -0.15) is 0 Å². The van der Waals surface area contributed by atoms with Gasteiger partial charge in [0.1, 0.15) is 5.82 Å². The van der Waals surface area contributed by atoms with Gasteiger partial charge in [-0.3, -0.25) is 9.79 Å². The second kappa shape index (κ2) is 7.58. The fourth-order valence-electron chi connectivity index (χ4n) is 3.74. The minimum Gasteiger partial charge on any atom is -0.494 e. The lowest BCUT2D eigenvalue weighted by atomic mass is 10.2. The number of rotatable bonds is 4. The molecule has 1 aliphatic rings. The number of nitrogens with zero attached hydrogens (tertiary/aromatic N) is 3. The smallest absolute Gasteiger partial charge is 0.219 e. The molecule has 0 aliphatic carbocycles. The number of H-pyrrole nitrogens is 1. The van der Waals surface area contributed by atoms with Crippen LogP contribution in [-0.2, 0) is 4.79 Å². The van der Waals surface area contributed by atoms with Gasteiger partial charge in [-0.25, -0.2) is 4.39 Å². The Kier molecular flexibility index (Phi) is 4.96. The summed E-state index contributed by atoms with van der Waals surface area (Å²) in [5.41, 5.74) is 2.92. The Morgan fingerprint density at radius 1 is 1.31 bits per heavy atom. The van der Waals surface area contributed by atoms with Crippen LogP contribution < -0.4 is 4.90 Å². The Morgan fingerprint density at radius 2 is 2.07 bits per heavy atom. The lowest BCUT2D eigenvalue weighted by Crippen LogP contribution is -2.37. The van der Waals surface area contributed by atoms with E-state index in [2.05, 4.69) is 14.9 Å². The highest BCUT2D eigenvalue weighted by molar-refractivity contribution is 6.02. The minimum absolute atomic E-state index is 0.0383. The number of carbonyl (C=O) groups excluding carboxylic acids is 1. The van der Waals surface area contributed by atoms with Gasteiger partial charge in [0.15, 0.2) is 5.88 Å². The summed E-state index contributed by atoms with van der Waals surface area (Å²) in [6.45, 7) is 3.31. The second-order valence-electron chi connectivity index (χ2n) is 7.37. The molecule has 6 nitrogen and oxygen atoms in total. The highest BCUT2D eigenvalue weighted by atomic mass is 19.1. The summed E-state index contributed by atoms with van der Waals surface area (Å²) in [6, 6.07) is 12.3. The van der Waals surface area contributed by atoms with E-state index in [0.717, 1.165) is 30.9 Å². The molecule has 0 radical (unpaired) electrons. The van der Waals surface area contributed by atoms with Crippen LogP contribution in [0.3, 0.4) is 0 Å². The molecule has 3 aromatic rings. The van der Waals surface area contributed by atoms with E-state index in [9.17, 15) is 14.3 Å². The number of hydrogen-bond acceptors (Lipinski definition) is 4. The van der Waals surface area contributed by atoms with Gasteiger partial charge >= 0.3 is 0 Å². The SMILES string of the molecule is CC(=O)N(C)C1CCN(c2ccc(N=Cc3c(O)[nH]c4ccc(F)cc34)cc2)C1. The van der Waals surface area contributed by atoms with Crippen LogP contribution in [-0.4, -0.2) is 53.3 Å². The topological polar surface area (TPSA) is 71.9 Å². The molecule has 1 unspecified atom stereocenters. The molecule has 1 fully saturated rings. The lowest BCUT2D eigenvalue weighted by molar-refractivity contribution is -0.129. The molecule has 0 bridgehead atoms. The molecule has 1 aliphatic heterocycles. The summed E-state index contributed by atoms with van der Waals surface area (Å²) in [6.07, 6.45) is 2.49. The second-order valence-corrected chi connectivity index (χ2v) is 7.37. The van der Waals surface area contributed by atoms with Crippen LogP contribution in [0.25, 0.3) is 10.9 Å². The first kappa shape index (κ1) is 19.0. The van der Waals surface area contributed by atoms with Gasteiger partial charge in [-0.05, 0) is 48.9 Å². The monoisotopic (exact) mass is 394 g/mol. The number of aromatic hydroxyl groups is 1. The third-order valence-corrected chi connectivity index (χ3v) is 5.55. The summed E-state index contributed by atoms with van der Waals surface area (Å²) < 4.78 is 13.5. The quantitative estimate of drug-likeness (QED) is 0.661. The van der Waals surface area contributed by atoms with Crippen molar-refractivity contribution >= 4 is 34.4 Å². The maximum absolute atomic E-state index is 13.5. The van der Waals surface area contributed by atoms with Crippen molar-refractivity contribution in [3.05, 3.63) is 53.8 Å². The van der Waals surface area contributed by atoms with Gasteiger partial charge in [0.2, 0.25) is 5.91 Å². The van der Waals surface area contributed by atoms with Gasteiger partial charge in [-0.15, -0.1) is 0 Å². The van der Waals surface area contributed by atoms with Crippen LogP contribution in [0.2, 0.25) is 0 Å². The van der Waals surface area contributed by atoms with Crippen molar-refractivity contribution in [2.75, 3.05) is 25.0 Å². The van der Waals surface area contributed by atoms with Crippen molar-refractivity contribution in [2.45, 2.75) is 19.4 Å². The average molecular weight is 394 g/mol. The van der Waals surface area contributed by atoms with Gasteiger partial charge in [0.25, 0.3) is 0 Å². The molecule has 4 rings (SSSR count). The predicted octanol–water partition coefficient (Wildman–Crippen LogP) is 3.82. The van der Waals surface area contributed by atoms with Crippen molar-refractivity contribution in [2.24, 2.45) is 4.99 Å². The van der Waals surface area contributed by atoms with Crippen molar-refractivity contribution < 1.29 is 14.3 Å². The van der Waals surface area contributed by atoms with Crippen LogP contribution in [0.15, 0.2) is 47.5 Å². The van der Waals surface area contributed by atoms with Crippen LogP contribution in [0.4, 0.5) is 15.8 Å². The van der Waals surface area contributed by atoms with Crippen LogP contribution in [0.1, 0.15) is 18.9 Å². The van der Waals surface area contributed by atoms with Crippen molar-refractivity contribution in [1.82, 2.24) is 9.88 Å². The van der Waals surface area contributed by atoms with Gasteiger partial charge in [0.05, 0.1) is 17.3 Å². The first-order valence-corrected chi connectivity index (χ1v) is 9.55. The third-order valence-electron chi connectivity index (χ3n) is 5.55. The van der Waals surface area contributed by atoms with Crippen molar-refractivity contribution in [3.8, 4) is 5.88 Å². The standard InChI is InChI=1S/C22H23FN4O2/c1-14(28)26(2)18-9-10-27(13-18)17-6-4-16(5-7-17)24-12-20-19-11-15(23)3-8-21(19)25-22(20)29/h3-8,11-12,18,25,29H,9-10,13H2,1-2H3. The van der Waals surface area contributed by atoms with Gasteiger partial charge in [-0.1, -0.05) is 0 Å². The number of likely N-dealkylation sites (N-methyl/N-ethyl adjacent to an activating group) is 1. The van der Waals surface area contributed by atoms with E-state index in [1.54, 1.807) is 17.9 Å². The molecule has 7 heteroatoms. The molecular formula is C22H23FN4O2. The Morgan fingerprint density at radius 3 is 2.79 bits per heavy atom. The maximum Gasteiger partial charge on any atom is 0.219 e. The van der Waals surface area contributed by atoms with Crippen LogP contribution >= 0.6 is 0 Å². The van der Waals surface area contributed by atoms with E-state index in [4.69, 9.17) is 0 Å². The van der Waals surface area contributed by atoms with Crippen LogP contribution in [0, 0.1) is 5.82 Å². The number of hydrogen-bond donors (Lipinski definition) is 2. The van der Waals surface area contributed by atoms with Crippen LogP contribution in [0.5, 0.6) is 5.88 Å². The number of fused-ring (bicyclic) bond motifs is 1. The molecule has 1 atom stereocenters. The Bertz CT molecular complexity index is 1070. The largest absolute Gasteiger partial charge is 0.494 e. The van der Waals surface area contributed by atoms with Gasteiger partial charge < -0.3 is 19.9 Å². The number of aliphatic imine (C=N–C) groups is 1. The average Bonchev–Trinajstić information content (AvgIpc) is 3.30. The minimum atomic E-state index is -0.366. The highest BCUT2D eigenvalue weighted by Crippen LogP contribution is 2.28. The number of anilines is 1. The van der Waals surface area contributed by atoms with Crippen molar-refractivity contribution in [1.29, 1.82) is 0 Å². The molecule has 1 amide bonds. The summed E-state index contributed by atoms with van der Waals surface area (Å²) >= 11 is 0. The fraction of sp³-hybridized carbons (Fsp3) is 0.273. The number of halogens is 1. The summed E-state index contributed by atoms with van der Waals surface area (Å²) in [5.74, 6) is -0.319. The number of amides is 1. The van der Waals surface area contributed by atoms with E-state index in [1.807, 2.05) is 31.3 Å². The summed E-state index contributed by atoms with van der Waals surface area (Å²) in [5, 5.41) is 10.7. The fourth-order valence-corrected chi connectivity index (χ4v) is 3.74. The highest BCUT2D eigenvalue weighted by Gasteiger charge is 2.27. The van der Waals surface area contributed by atoms with E-state index in [-0.39, 0.29) is 23.6 Å². The van der Waals surface area contributed by atoms with E-state index in [1.165, 1.54) is 18.3 Å². The molecule has 2 heterocycles. The third kappa shape index (κ3) is 3.81. The number of benzene rings is 2.